The summed E-state index contributed by atoms with van der Waals surface area (Å²) < 4.78 is 19.1. The second-order valence-electron chi connectivity index (χ2n) is 4.72. The third-order valence-electron chi connectivity index (χ3n) is 3.28. The van der Waals surface area contributed by atoms with E-state index in [9.17, 15) is 14.0 Å². The fourth-order valence-corrected chi connectivity index (χ4v) is 2.11. The van der Waals surface area contributed by atoms with E-state index in [1.54, 1.807) is 6.07 Å². The average Bonchev–Trinajstić information content (AvgIpc) is 2.92. The van der Waals surface area contributed by atoms with Gasteiger partial charge in [-0.15, -0.1) is 0 Å². The molecule has 1 heterocycles. The summed E-state index contributed by atoms with van der Waals surface area (Å²) in [7, 11) is 0. The Bertz CT molecular complexity index is 699. The lowest BCUT2D eigenvalue weighted by Crippen LogP contribution is -2.13. The van der Waals surface area contributed by atoms with Crippen LogP contribution in [-0.2, 0) is 12.8 Å². The maximum atomic E-state index is 13.7. The van der Waals surface area contributed by atoms with Crippen molar-refractivity contribution in [3.63, 3.8) is 0 Å². The number of hydrogen-bond donors (Lipinski definition) is 2. The van der Waals surface area contributed by atoms with Gasteiger partial charge in [-0.25, -0.2) is 9.18 Å². The van der Waals surface area contributed by atoms with Gasteiger partial charge in [-0.3, -0.25) is 4.79 Å². The van der Waals surface area contributed by atoms with Crippen LogP contribution >= 0.6 is 0 Å². The van der Waals surface area contributed by atoms with Crippen LogP contribution in [0.3, 0.4) is 0 Å². The Morgan fingerprint density at radius 1 is 1.23 bits per heavy atom. The maximum absolute atomic E-state index is 13.7. The van der Waals surface area contributed by atoms with Crippen molar-refractivity contribution >= 4 is 17.6 Å². The summed E-state index contributed by atoms with van der Waals surface area (Å²) in [6.45, 7) is 3.86. The second kappa shape index (κ2) is 6.43. The highest BCUT2D eigenvalue weighted by molar-refractivity contribution is 6.03. The van der Waals surface area contributed by atoms with E-state index in [4.69, 9.17) is 9.52 Å². The summed E-state index contributed by atoms with van der Waals surface area (Å²) in [6.07, 6.45) is 1.38. The molecule has 2 rings (SSSR count). The minimum absolute atomic E-state index is 0.0776. The number of halogens is 1. The highest BCUT2D eigenvalue weighted by atomic mass is 19.1. The number of carboxylic acids is 1. The SMILES string of the molecule is CCc1cc(C(=O)Nc2cc(C(=O)O)ccc2F)oc1CC. The van der Waals surface area contributed by atoms with E-state index in [0.717, 1.165) is 30.2 Å². The quantitative estimate of drug-likeness (QED) is 0.886. The average molecular weight is 305 g/mol. The first-order chi connectivity index (χ1) is 10.5. The molecule has 0 fully saturated rings. The Morgan fingerprint density at radius 2 is 1.95 bits per heavy atom. The van der Waals surface area contributed by atoms with Crippen LogP contribution in [0, 0.1) is 5.82 Å². The molecule has 2 N–H and O–H groups in total. The van der Waals surface area contributed by atoms with Crippen LogP contribution in [-0.4, -0.2) is 17.0 Å². The van der Waals surface area contributed by atoms with Crippen molar-refractivity contribution in [3.05, 3.63) is 52.7 Å². The zero-order chi connectivity index (χ0) is 16.3. The number of benzene rings is 1. The number of nitrogens with one attached hydrogen (secondary N) is 1. The molecule has 22 heavy (non-hydrogen) atoms. The van der Waals surface area contributed by atoms with Gasteiger partial charge >= 0.3 is 5.97 Å². The minimum Gasteiger partial charge on any atom is -0.478 e. The molecule has 0 saturated carbocycles. The summed E-state index contributed by atoms with van der Waals surface area (Å²) in [5, 5.41) is 11.2. The van der Waals surface area contributed by atoms with E-state index in [2.05, 4.69) is 5.32 Å². The van der Waals surface area contributed by atoms with E-state index in [0.29, 0.717) is 12.2 Å². The lowest BCUT2D eigenvalue weighted by molar-refractivity contribution is 0.0696. The van der Waals surface area contributed by atoms with E-state index in [1.807, 2.05) is 13.8 Å². The van der Waals surface area contributed by atoms with Gasteiger partial charge in [0.15, 0.2) is 5.76 Å². The number of anilines is 1. The largest absolute Gasteiger partial charge is 0.478 e. The molecule has 1 amide bonds. The lowest BCUT2D eigenvalue weighted by Gasteiger charge is -2.05. The minimum atomic E-state index is -1.20. The molecule has 0 bridgehead atoms. The third kappa shape index (κ3) is 3.16. The molecule has 1 aromatic heterocycles. The van der Waals surface area contributed by atoms with E-state index in [1.165, 1.54) is 0 Å². The lowest BCUT2D eigenvalue weighted by atomic mass is 10.1. The van der Waals surface area contributed by atoms with Crippen LogP contribution in [0.1, 0.15) is 46.1 Å². The fourth-order valence-electron chi connectivity index (χ4n) is 2.11. The standard InChI is InChI=1S/C16H16FNO4/c1-3-9-8-14(22-13(9)4-2)15(19)18-12-7-10(16(20)21)5-6-11(12)17/h5-8H,3-4H2,1-2H3,(H,18,19)(H,20,21). The first-order valence-electron chi connectivity index (χ1n) is 6.92. The number of hydrogen-bond acceptors (Lipinski definition) is 3. The van der Waals surface area contributed by atoms with Crippen LogP contribution in [0.15, 0.2) is 28.7 Å². The van der Waals surface area contributed by atoms with Gasteiger partial charge in [0.2, 0.25) is 0 Å². The first-order valence-corrected chi connectivity index (χ1v) is 6.92. The van der Waals surface area contributed by atoms with E-state index in [-0.39, 0.29) is 17.0 Å². The van der Waals surface area contributed by atoms with Crippen molar-refractivity contribution in [1.29, 1.82) is 0 Å². The molecule has 0 spiro atoms. The Morgan fingerprint density at radius 3 is 2.50 bits per heavy atom. The van der Waals surface area contributed by atoms with Crippen molar-refractivity contribution in [3.8, 4) is 0 Å². The van der Waals surface area contributed by atoms with Crippen LogP contribution in [0.4, 0.5) is 10.1 Å². The number of carbonyl (C=O) groups excluding carboxylic acids is 1. The van der Waals surface area contributed by atoms with Gasteiger partial charge in [-0.2, -0.15) is 0 Å². The van der Waals surface area contributed by atoms with Crippen molar-refractivity contribution in [2.75, 3.05) is 5.32 Å². The first kappa shape index (κ1) is 15.8. The number of aromatic carboxylic acids is 1. The van der Waals surface area contributed by atoms with E-state index < -0.39 is 17.7 Å². The number of rotatable bonds is 5. The van der Waals surface area contributed by atoms with Crippen LogP contribution in [0.5, 0.6) is 0 Å². The Kier molecular flexibility index (Phi) is 4.60. The predicted octanol–water partition coefficient (Wildman–Crippen LogP) is 3.49. The number of carboxylic acid groups (broad SMARTS) is 1. The Hall–Kier alpha value is -2.63. The molecule has 0 aliphatic heterocycles. The molecular formula is C16H16FNO4. The molecule has 0 unspecified atom stereocenters. The van der Waals surface area contributed by atoms with Gasteiger partial charge in [-0.05, 0) is 36.2 Å². The summed E-state index contributed by atoms with van der Waals surface area (Å²) >= 11 is 0. The Labute approximate surface area is 126 Å². The van der Waals surface area contributed by atoms with Crippen molar-refractivity contribution < 1.29 is 23.5 Å². The molecule has 116 valence electrons. The summed E-state index contributed by atoms with van der Waals surface area (Å²) in [5.41, 5.74) is 0.615. The molecule has 0 aliphatic rings. The molecular weight excluding hydrogens is 289 g/mol. The number of aryl methyl sites for hydroxylation is 2. The topological polar surface area (TPSA) is 79.5 Å². The normalized spacial score (nSPS) is 10.5. The summed E-state index contributed by atoms with van der Waals surface area (Å²) in [6, 6.07) is 4.81. The molecule has 2 aromatic rings. The van der Waals surface area contributed by atoms with Crippen molar-refractivity contribution in [2.24, 2.45) is 0 Å². The van der Waals surface area contributed by atoms with Gasteiger partial charge < -0.3 is 14.8 Å². The third-order valence-corrected chi connectivity index (χ3v) is 3.28. The number of amides is 1. The van der Waals surface area contributed by atoms with Crippen LogP contribution in [0.25, 0.3) is 0 Å². The maximum Gasteiger partial charge on any atom is 0.335 e. The zero-order valence-electron chi connectivity index (χ0n) is 12.3. The van der Waals surface area contributed by atoms with E-state index >= 15 is 0 Å². The monoisotopic (exact) mass is 305 g/mol. The fraction of sp³-hybridized carbons (Fsp3) is 0.250. The highest BCUT2D eigenvalue weighted by Crippen LogP contribution is 2.20. The highest BCUT2D eigenvalue weighted by Gasteiger charge is 2.17. The molecule has 0 radical (unpaired) electrons. The molecule has 0 aliphatic carbocycles. The number of carbonyl (C=O) groups is 2. The number of furan rings is 1. The van der Waals surface area contributed by atoms with Crippen molar-refractivity contribution in [2.45, 2.75) is 26.7 Å². The molecule has 0 saturated heterocycles. The zero-order valence-corrected chi connectivity index (χ0v) is 12.3. The Balaban J connectivity index is 2.27. The molecule has 1 aromatic carbocycles. The predicted molar refractivity (Wildman–Crippen MR) is 78.8 cm³/mol. The van der Waals surface area contributed by atoms with Gasteiger partial charge in [0, 0.05) is 6.42 Å². The van der Waals surface area contributed by atoms with Gasteiger partial charge in [-0.1, -0.05) is 13.8 Å². The summed E-state index contributed by atoms with van der Waals surface area (Å²) in [5.74, 6) is -1.73. The second-order valence-corrected chi connectivity index (χ2v) is 4.72. The van der Waals surface area contributed by atoms with Gasteiger partial charge in [0.05, 0.1) is 11.3 Å². The summed E-state index contributed by atoms with van der Waals surface area (Å²) in [4.78, 5) is 23.0. The molecule has 5 nitrogen and oxygen atoms in total. The van der Waals surface area contributed by atoms with Gasteiger partial charge in [0.1, 0.15) is 11.6 Å². The van der Waals surface area contributed by atoms with Crippen LogP contribution in [0.2, 0.25) is 0 Å². The van der Waals surface area contributed by atoms with Crippen LogP contribution < -0.4 is 5.32 Å². The van der Waals surface area contributed by atoms with Crippen molar-refractivity contribution in [1.82, 2.24) is 0 Å². The smallest absolute Gasteiger partial charge is 0.335 e. The molecule has 0 atom stereocenters. The van der Waals surface area contributed by atoms with Gasteiger partial charge in [0.25, 0.3) is 5.91 Å². The molecule has 6 heteroatoms.